The number of hydrogen-bond acceptors (Lipinski definition) is 6. The molecule has 0 spiro atoms. The van der Waals surface area contributed by atoms with Gasteiger partial charge in [-0.2, -0.15) is 4.72 Å². The summed E-state index contributed by atoms with van der Waals surface area (Å²) in [4.78, 5) is 12.2. The average molecular weight is 378 g/mol. The van der Waals surface area contributed by atoms with E-state index in [0.717, 1.165) is 5.56 Å². The molecule has 0 saturated heterocycles. The first-order valence-electron chi connectivity index (χ1n) is 8.03. The molecule has 2 rings (SSSR count). The Morgan fingerprint density at radius 1 is 1.15 bits per heavy atom. The number of rotatable bonds is 7. The highest BCUT2D eigenvalue weighted by atomic mass is 32.2. The number of hydrogen-bond donors (Lipinski definition) is 3. The molecule has 0 radical (unpaired) electrons. The summed E-state index contributed by atoms with van der Waals surface area (Å²) in [5.74, 6) is -0.868. The van der Waals surface area contributed by atoms with Gasteiger partial charge >= 0.3 is 5.97 Å². The lowest BCUT2D eigenvalue weighted by molar-refractivity contribution is -0.148. The molecular weight excluding hydrogens is 356 g/mol. The number of carbonyl (C=O) groups is 1. The maximum Gasteiger partial charge on any atom is 0.327 e. The van der Waals surface area contributed by atoms with Crippen LogP contribution in [0.2, 0.25) is 0 Å². The average Bonchev–Trinajstić information content (AvgIpc) is 2.60. The van der Waals surface area contributed by atoms with Crippen LogP contribution in [0, 0.1) is 6.92 Å². The second-order valence-corrected chi connectivity index (χ2v) is 7.49. The molecule has 8 heteroatoms. The van der Waals surface area contributed by atoms with Gasteiger partial charge in [0.05, 0.1) is 11.5 Å². The molecule has 0 saturated carbocycles. The molecule has 2 atom stereocenters. The van der Waals surface area contributed by atoms with Gasteiger partial charge in [0.1, 0.15) is 12.1 Å². The van der Waals surface area contributed by atoms with Crippen LogP contribution in [0.15, 0.2) is 53.4 Å². The molecule has 0 amide bonds. The summed E-state index contributed by atoms with van der Waals surface area (Å²) in [6.45, 7) is 3.48. The predicted molar refractivity (Wildman–Crippen MR) is 97.7 cm³/mol. The monoisotopic (exact) mass is 378 g/mol. The Balaban J connectivity index is 2.33. The number of aliphatic hydroxyl groups is 1. The van der Waals surface area contributed by atoms with Crippen molar-refractivity contribution in [3.8, 4) is 0 Å². The molecule has 0 heterocycles. The standard InChI is InChI=1S/C18H22N2O5S/c1-3-25-18(22)16(17(21)13-6-8-14(19)9-7-13)20-26(23,24)15-10-4-12(2)5-11-15/h4-11,16-17,20-21H,3,19H2,1-2H3. The summed E-state index contributed by atoms with van der Waals surface area (Å²) in [5, 5.41) is 10.6. The molecule has 2 unspecified atom stereocenters. The number of nitrogens with one attached hydrogen (secondary N) is 1. The summed E-state index contributed by atoms with van der Waals surface area (Å²) < 4.78 is 32.4. The minimum atomic E-state index is -4.04. The zero-order valence-electron chi connectivity index (χ0n) is 14.5. The summed E-state index contributed by atoms with van der Waals surface area (Å²) in [6, 6.07) is 10.8. The lowest BCUT2D eigenvalue weighted by atomic mass is 10.0. The Labute approximate surface area is 152 Å². The van der Waals surface area contributed by atoms with Gasteiger partial charge in [-0.15, -0.1) is 0 Å². The summed E-state index contributed by atoms with van der Waals surface area (Å²) in [7, 11) is -4.04. The number of nitrogens with two attached hydrogens (primary N) is 1. The van der Waals surface area contributed by atoms with E-state index in [1.807, 2.05) is 6.92 Å². The number of sulfonamides is 1. The van der Waals surface area contributed by atoms with Gasteiger partial charge in [0.15, 0.2) is 0 Å². The second kappa shape index (κ2) is 8.31. The number of esters is 1. The van der Waals surface area contributed by atoms with Crippen molar-refractivity contribution in [1.82, 2.24) is 4.72 Å². The number of aliphatic hydroxyl groups excluding tert-OH is 1. The van der Waals surface area contributed by atoms with Gasteiger partial charge in [0, 0.05) is 5.69 Å². The molecule has 2 aromatic rings. The zero-order valence-corrected chi connectivity index (χ0v) is 15.4. The van der Waals surface area contributed by atoms with Crippen molar-refractivity contribution in [2.75, 3.05) is 12.3 Å². The Morgan fingerprint density at radius 2 is 1.73 bits per heavy atom. The largest absolute Gasteiger partial charge is 0.465 e. The Morgan fingerprint density at radius 3 is 2.27 bits per heavy atom. The van der Waals surface area contributed by atoms with Crippen LogP contribution in [-0.4, -0.2) is 32.1 Å². The zero-order chi connectivity index (χ0) is 19.3. The van der Waals surface area contributed by atoms with E-state index in [1.165, 1.54) is 24.3 Å². The molecule has 4 N–H and O–H groups in total. The van der Waals surface area contributed by atoms with E-state index in [0.29, 0.717) is 11.3 Å². The molecule has 0 fully saturated rings. The summed E-state index contributed by atoms with van der Waals surface area (Å²) in [6.07, 6.45) is -1.44. The normalized spacial score (nSPS) is 13.8. The minimum Gasteiger partial charge on any atom is -0.465 e. The van der Waals surface area contributed by atoms with Gasteiger partial charge in [0.2, 0.25) is 10.0 Å². The fourth-order valence-electron chi connectivity index (χ4n) is 2.31. The van der Waals surface area contributed by atoms with Crippen LogP contribution in [0.3, 0.4) is 0 Å². The maximum atomic E-state index is 12.6. The van der Waals surface area contributed by atoms with Gasteiger partial charge in [-0.1, -0.05) is 29.8 Å². The van der Waals surface area contributed by atoms with E-state index in [4.69, 9.17) is 10.5 Å². The Bertz CT molecular complexity index is 848. The smallest absolute Gasteiger partial charge is 0.327 e. The van der Waals surface area contributed by atoms with E-state index >= 15 is 0 Å². The molecule has 2 aromatic carbocycles. The van der Waals surface area contributed by atoms with E-state index in [-0.39, 0.29) is 11.5 Å². The highest BCUT2D eigenvalue weighted by Crippen LogP contribution is 2.21. The number of benzene rings is 2. The van der Waals surface area contributed by atoms with Crippen molar-refractivity contribution in [2.45, 2.75) is 30.9 Å². The highest BCUT2D eigenvalue weighted by Gasteiger charge is 2.34. The van der Waals surface area contributed by atoms with Crippen molar-refractivity contribution < 1.29 is 23.1 Å². The molecule has 140 valence electrons. The lowest BCUT2D eigenvalue weighted by Crippen LogP contribution is -2.45. The molecular formula is C18H22N2O5S. The van der Waals surface area contributed by atoms with Crippen LogP contribution in [0.25, 0.3) is 0 Å². The number of nitrogen functional groups attached to an aromatic ring is 1. The van der Waals surface area contributed by atoms with Crippen LogP contribution in [0.5, 0.6) is 0 Å². The summed E-state index contributed by atoms with van der Waals surface area (Å²) >= 11 is 0. The number of ether oxygens (including phenoxy) is 1. The third kappa shape index (κ3) is 4.81. The predicted octanol–water partition coefficient (Wildman–Crippen LogP) is 1.52. The van der Waals surface area contributed by atoms with Crippen molar-refractivity contribution in [3.63, 3.8) is 0 Å². The molecule has 26 heavy (non-hydrogen) atoms. The molecule has 0 aliphatic heterocycles. The molecule has 7 nitrogen and oxygen atoms in total. The van der Waals surface area contributed by atoms with Gasteiger partial charge in [-0.3, -0.25) is 4.79 Å². The van der Waals surface area contributed by atoms with Crippen molar-refractivity contribution in [3.05, 3.63) is 59.7 Å². The Kier molecular flexibility index (Phi) is 6.36. The third-order valence-electron chi connectivity index (χ3n) is 3.75. The highest BCUT2D eigenvalue weighted by molar-refractivity contribution is 7.89. The Hall–Kier alpha value is -2.42. The van der Waals surface area contributed by atoms with Crippen molar-refractivity contribution in [2.24, 2.45) is 0 Å². The van der Waals surface area contributed by atoms with Gasteiger partial charge < -0.3 is 15.6 Å². The first-order valence-corrected chi connectivity index (χ1v) is 9.52. The lowest BCUT2D eigenvalue weighted by Gasteiger charge is -2.23. The van der Waals surface area contributed by atoms with Crippen LogP contribution >= 0.6 is 0 Å². The number of aryl methyl sites for hydroxylation is 1. The molecule has 0 aliphatic carbocycles. The maximum absolute atomic E-state index is 12.6. The quantitative estimate of drug-likeness (QED) is 0.496. The van der Waals surface area contributed by atoms with Gasteiger partial charge in [0.25, 0.3) is 0 Å². The van der Waals surface area contributed by atoms with Crippen molar-refractivity contribution in [1.29, 1.82) is 0 Å². The topological polar surface area (TPSA) is 119 Å². The van der Waals surface area contributed by atoms with Crippen LogP contribution in [0.4, 0.5) is 5.69 Å². The van der Waals surface area contributed by atoms with E-state index < -0.39 is 28.1 Å². The minimum absolute atomic E-state index is 0.0121. The fraction of sp³-hybridized carbons (Fsp3) is 0.278. The van der Waals surface area contributed by atoms with E-state index in [2.05, 4.69) is 4.72 Å². The van der Waals surface area contributed by atoms with Crippen LogP contribution < -0.4 is 10.5 Å². The molecule has 0 aromatic heterocycles. The van der Waals surface area contributed by atoms with Gasteiger partial charge in [-0.05, 0) is 43.7 Å². The third-order valence-corrected chi connectivity index (χ3v) is 5.20. The van der Waals surface area contributed by atoms with Gasteiger partial charge in [-0.25, -0.2) is 8.42 Å². The SMILES string of the molecule is CCOC(=O)C(NS(=O)(=O)c1ccc(C)cc1)C(O)c1ccc(N)cc1. The van der Waals surface area contributed by atoms with E-state index in [1.54, 1.807) is 31.2 Å². The number of anilines is 1. The number of carbonyl (C=O) groups excluding carboxylic acids is 1. The first-order chi connectivity index (χ1) is 12.2. The van der Waals surface area contributed by atoms with Crippen molar-refractivity contribution >= 4 is 21.7 Å². The molecule has 0 bridgehead atoms. The molecule has 0 aliphatic rings. The summed E-state index contributed by atoms with van der Waals surface area (Å²) in [5.41, 5.74) is 7.33. The van der Waals surface area contributed by atoms with Crippen LogP contribution in [0.1, 0.15) is 24.2 Å². The fourth-order valence-corrected chi connectivity index (χ4v) is 3.50. The second-order valence-electron chi connectivity index (χ2n) is 5.78. The first kappa shape index (κ1) is 19.9. The van der Waals surface area contributed by atoms with Crippen LogP contribution in [-0.2, 0) is 19.6 Å². The van der Waals surface area contributed by atoms with E-state index in [9.17, 15) is 18.3 Å².